The molecule has 1 amide bonds. The van der Waals surface area contributed by atoms with E-state index in [1.54, 1.807) is 0 Å². The van der Waals surface area contributed by atoms with E-state index in [2.05, 4.69) is 10.3 Å². The maximum absolute atomic E-state index is 13.5. The average molecular weight is 1160 g/mol. The average Bonchev–Trinajstić information content (AvgIpc) is 3.41. The number of rotatable bonds is 22. The SMILES string of the molecule is COc1ccc(O[C@@H]2O[C@H](CO)[C@@H](O[C@@H]3O[C@H](CO)[C@H](O)[C@H](O[C@@H]4O[C@H](CO)[C@@H](O[C@@H]5O[C@H](CO)[C@H](O)[C@H](O[C@]6(C(=O)C(=O)O)C[C@H](O)[C@@H](N=C(C)[O-])[C@H]([C@H](O)[C@H](O)CO)O6)[C@H]5O)[C@H](O)[C@H]4NC(C)=O)[C@H]3O)[C@H](O)[C@H]2O)cc1.[Na+]. The van der Waals surface area contributed by atoms with Gasteiger partial charge in [0.05, 0.1) is 46.2 Å². The molecule has 0 bridgehead atoms. The van der Waals surface area contributed by atoms with Crippen LogP contribution in [0.15, 0.2) is 29.3 Å². The van der Waals surface area contributed by atoms with Crippen LogP contribution >= 0.6 is 0 Å². The van der Waals surface area contributed by atoms with Crippen molar-refractivity contribution in [3.63, 3.8) is 0 Å². The second-order valence-corrected chi connectivity index (χ2v) is 18.9. The van der Waals surface area contributed by atoms with E-state index in [-0.39, 0.29) is 35.3 Å². The van der Waals surface area contributed by atoms with Gasteiger partial charge in [-0.3, -0.25) is 14.6 Å². The van der Waals surface area contributed by atoms with Crippen LogP contribution in [-0.2, 0) is 57.0 Å². The molecule has 5 fully saturated rings. The van der Waals surface area contributed by atoms with E-state index in [4.69, 9.17) is 52.1 Å². The molecule has 0 saturated carbocycles. The molecule has 0 aliphatic carbocycles. The van der Waals surface area contributed by atoms with Crippen molar-refractivity contribution < 1.29 is 183 Å². The molecule has 5 heterocycles. The van der Waals surface area contributed by atoms with Crippen molar-refractivity contribution in [1.82, 2.24) is 5.32 Å². The second-order valence-electron chi connectivity index (χ2n) is 18.9. The third kappa shape index (κ3) is 14.8. The third-order valence-electron chi connectivity index (χ3n) is 13.5. The smallest absolute Gasteiger partial charge is 0.862 e. The molecule has 5 saturated heterocycles. The summed E-state index contributed by atoms with van der Waals surface area (Å²) in [6.07, 6.45) is -48.1. The number of hydrogen-bond donors (Lipinski definition) is 17. The van der Waals surface area contributed by atoms with Crippen molar-refractivity contribution >= 4 is 23.6 Å². The molecule has 1 aromatic carbocycles. The molecule has 79 heavy (non-hydrogen) atoms. The summed E-state index contributed by atoms with van der Waals surface area (Å²) in [6.45, 7) is -3.50. The van der Waals surface area contributed by atoms with Crippen molar-refractivity contribution in [3.05, 3.63) is 24.3 Å². The number of aliphatic imine (C=N–C) groups is 1. The topological polar surface area (TPSA) is 524 Å². The maximum atomic E-state index is 13.5. The van der Waals surface area contributed by atoms with Gasteiger partial charge in [-0.05, 0) is 37.1 Å². The van der Waals surface area contributed by atoms with Crippen molar-refractivity contribution in [2.45, 2.75) is 179 Å². The number of benzene rings is 1. The number of ketones is 1. The van der Waals surface area contributed by atoms with E-state index in [0.717, 1.165) is 13.8 Å². The van der Waals surface area contributed by atoms with Crippen LogP contribution in [0.5, 0.6) is 11.5 Å². The Bertz CT molecular complexity index is 2150. The van der Waals surface area contributed by atoms with Crippen LogP contribution in [0.3, 0.4) is 0 Å². The standard InChI is InChI=1S/C45H68N2O31.Na/c1-14(53)46-24-18(55)8-45(39(65)40(66)67,77-36(24)26(57)19(56)9-48)78-38-28(59)21(11-50)71-44(33(38)64)74-34-22(12-51)72-41(25(29(34)60)47-15(2)54)76-37-27(58)20(10-49)70-43(32(37)63)75-35-23(13-52)73-42(31(62)30(35)61)69-17-6-4-16(68-3)5-7-17;/h4-7,18-38,41-44,48-52,55-64H,8-13H2,1-3H3,(H,46,53)(H,47,54)(H,66,67);/q;+1/p-1/t18-,19+,20+,21+,22+,23+,24+,25+,26+,27-,28-,29+,30+,31+,32+,33+,34+,35+,36+,37-,38-,41-,42+,43-,44-,45-;/m0./s1. The normalized spacial score (nSPS) is 41.7. The molecule has 0 spiro atoms. The number of carboxylic acid groups (broad SMARTS) is 1. The number of aliphatic hydroxyl groups is 15. The van der Waals surface area contributed by atoms with E-state index in [0.29, 0.717) is 5.75 Å². The Labute approximate surface area is 470 Å². The Kier molecular flexibility index (Phi) is 24.5. The number of nitrogens with zero attached hydrogens (tertiary/aromatic N) is 1. The summed E-state index contributed by atoms with van der Waals surface area (Å²) in [5.74, 6) is -9.03. The summed E-state index contributed by atoms with van der Waals surface area (Å²) in [4.78, 5) is 42.1. The number of Topliss-reactive ketones (excluding diaryl/α,β-unsaturated/α-hetero) is 1. The van der Waals surface area contributed by atoms with Crippen LogP contribution in [0.25, 0.3) is 0 Å². The van der Waals surface area contributed by atoms with Gasteiger partial charge >= 0.3 is 35.5 Å². The summed E-state index contributed by atoms with van der Waals surface area (Å²) in [5.41, 5.74) is 0. The quantitative estimate of drug-likeness (QED) is 0.0222. The van der Waals surface area contributed by atoms with Gasteiger partial charge < -0.3 is 144 Å². The molecule has 5 aliphatic rings. The first kappa shape index (κ1) is 66.7. The molecule has 1 aromatic rings. The molecule has 17 N–H and O–H groups in total. The molecular formula is C45H67N2NaO31. The maximum Gasteiger partial charge on any atom is 1.00 e. The fourth-order valence-electron chi connectivity index (χ4n) is 9.52. The summed E-state index contributed by atoms with van der Waals surface area (Å²) in [6, 6.07) is 2.26. The Morgan fingerprint density at radius 3 is 1.65 bits per heavy atom. The van der Waals surface area contributed by atoms with E-state index in [9.17, 15) is 101 Å². The van der Waals surface area contributed by atoms with Gasteiger partial charge in [0.15, 0.2) is 18.9 Å². The number of ether oxygens (including phenoxy) is 11. The second kappa shape index (κ2) is 29.0. The van der Waals surface area contributed by atoms with Gasteiger partial charge in [0.1, 0.15) is 133 Å². The molecule has 6 rings (SSSR count). The van der Waals surface area contributed by atoms with Gasteiger partial charge in [-0.25, -0.2) is 4.79 Å². The number of carboxylic acids is 1. The Balaban J connectivity index is 0.0000115. The summed E-state index contributed by atoms with van der Waals surface area (Å²) in [7, 11) is 1.43. The molecule has 0 unspecified atom stereocenters. The number of nitrogens with one attached hydrogen (secondary N) is 1. The number of methoxy groups -OCH3 is 1. The number of aliphatic carboxylic acids is 1. The van der Waals surface area contributed by atoms with Crippen LogP contribution in [0, 0.1) is 0 Å². The Morgan fingerprint density at radius 2 is 1.15 bits per heavy atom. The minimum atomic E-state index is -3.37. The minimum Gasteiger partial charge on any atom is -0.862 e. The van der Waals surface area contributed by atoms with Crippen LogP contribution in [0.2, 0.25) is 0 Å². The first-order chi connectivity index (χ1) is 36.9. The summed E-state index contributed by atoms with van der Waals surface area (Å²) >= 11 is 0. The van der Waals surface area contributed by atoms with Gasteiger partial charge in [-0.15, -0.1) is 0 Å². The predicted molar refractivity (Wildman–Crippen MR) is 243 cm³/mol. The molecule has 26 atom stereocenters. The van der Waals surface area contributed by atoms with Gasteiger partial charge in [0.25, 0.3) is 5.78 Å². The van der Waals surface area contributed by atoms with Crippen molar-refractivity contribution in [1.29, 1.82) is 0 Å². The number of carbonyl (C=O) groups is 3. The third-order valence-corrected chi connectivity index (χ3v) is 13.5. The fourth-order valence-corrected chi connectivity index (χ4v) is 9.52. The summed E-state index contributed by atoms with van der Waals surface area (Å²) < 4.78 is 62.5. The van der Waals surface area contributed by atoms with Crippen LogP contribution in [0.4, 0.5) is 0 Å². The first-order valence-electron chi connectivity index (χ1n) is 24.2. The minimum absolute atomic E-state index is 0. The molecule has 0 radical (unpaired) electrons. The van der Waals surface area contributed by atoms with Gasteiger partial charge in [0.2, 0.25) is 18.0 Å². The zero-order valence-electron chi connectivity index (χ0n) is 42.7. The van der Waals surface area contributed by atoms with Gasteiger partial charge in [-0.1, -0.05) is 0 Å². The molecule has 444 valence electrons. The van der Waals surface area contributed by atoms with Crippen molar-refractivity contribution in [3.8, 4) is 11.5 Å². The zero-order valence-corrected chi connectivity index (χ0v) is 44.7. The molecule has 34 heteroatoms. The predicted octanol–water partition coefficient (Wildman–Crippen LogP) is -14.1. The first-order valence-corrected chi connectivity index (χ1v) is 24.2. The van der Waals surface area contributed by atoms with Crippen LogP contribution in [-0.4, -0.2) is 304 Å². The van der Waals surface area contributed by atoms with Crippen molar-refractivity contribution in [2.24, 2.45) is 4.99 Å². The summed E-state index contributed by atoms with van der Waals surface area (Å²) in [5, 5.41) is 188. The largest absolute Gasteiger partial charge is 1.00 e. The van der Waals surface area contributed by atoms with Crippen LogP contribution < -0.4 is 49.5 Å². The fraction of sp³-hybridized carbons (Fsp3) is 0.778. The van der Waals surface area contributed by atoms with Crippen molar-refractivity contribution in [2.75, 3.05) is 40.1 Å². The number of amides is 1. The molecule has 5 aliphatic heterocycles. The number of carbonyl (C=O) groups excluding carboxylic acids is 2. The number of aliphatic hydroxyl groups excluding tert-OH is 15. The van der Waals surface area contributed by atoms with E-state index >= 15 is 0 Å². The zero-order chi connectivity index (χ0) is 57.7. The van der Waals surface area contributed by atoms with Crippen LogP contribution in [0.1, 0.15) is 20.3 Å². The van der Waals surface area contributed by atoms with E-state index < -0.39 is 222 Å². The number of hydrogen-bond acceptors (Lipinski definition) is 31. The molecule has 33 nitrogen and oxygen atoms in total. The Hall–Kier alpha value is -3.06. The Morgan fingerprint density at radius 1 is 0.671 bits per heavy atom. The van der Waals surface area contributed by atoms with E-state index in [1.165, 1.54) is 31.4 Å². The monoisotopic (exact) mass is 1150 g/mol. The molecular weight excluding hydrogens is 1090 g/mol. The van der Waals surface area contributed by atoms with Gasteiger partial charge in [-0.2, -0.15) is 0 Å². The molecule has 0 aromatic heterocycles. The van der Waals surface area contributed by atoms with E-state index in [1.807, 2.05) is 0 Å². The van der Waals surface area contributed by atoms with Gasteiger partial charge in [0, 0.05) is 13.3 Å².